The highest BCUT2D eigenvalue weighted by Gasteiger charge is 2.11. The fourth-order valence-corrected chi connectivity index (χ4v) is 2.40. The van der Waals surface area contributed by atoms with Gasteiger partial charge >= 0.3 is 5.97 Å². The van der Waals surface area contributed by atoms with Crippen LogP contribution in [0.15, 0.2) is 60.7 Å². The van der Waals surface area contributed by atoms with Gasteiger partial charge in [0.25, 0.3) is 0 Å². The maximum atomic E-state index is 11.4. The van der Waals surface area contributed by atoms with Crippen LogP contribution < -0.4 is 10.5 Å². The van der Waals surface area contributed by atoms with Crippen LogP contribution in [0.25, 0.3) is 23.0 Å². The number of aromatic nitrogens is 2. The number of methoxy groups -OCH3 is 1. The summed E-state index contributed by atoms with van der Waals surface area (Å²) in [5.41, 5.74) is 8.50. The van der Waals surface area contributed by atoms with Gasteiger partial charge in [0.2, 0.25) is 0 Å². The molecule has 3 N–H and O–H groups in total. The molecule has 6 nitrogen and oxygen atoms in total. The molecule has 0 fully saturated rings. The molecule has 6 heteroatoms. The van der Waals surface area contributed by atoms with Gasteiger partial charge in [0, 0.05) is 17.3 Å². The zero-order chi connectivity index (χ0) is 18.5. The zero-order valence-electron chi connectivity index (χ0n) is 14.1. The van der Waals surface area contributed by atoms with Crippen LogP contribution in [-0.4, -0.2) is 28.2 Å². The molecule has 1 aromatic heterocycles. The molecule has 0 saturated carbocycles. The molecule has 0 amide bonds. The molecule has 0 radical (unpaired) electrons. The van der Waals surface area contributed by atoms with E-state index in [1.807, 2.05) is 30.3 Å². The fourth-order valence-electron chi connectivity index (χ4n) is 2.40. The molecule has 0 atom stereocenters. The Labute approximate surface area is 150 Å². The summed E-state index contributed by atoms with van der Waals surface area (Å²) < 4.78 is 5.14. The Hall–Kier alpha value is -3.67. The van der Waals surface area contributed by atoms with Gasteiger partial charge in [-0.05, 0) is 35.9 Å². The molecule has 0 saturated heterocycles. The van der Waals surface area contributed by atoms with Gasteiger partial charge in [-0.3, -0.25) is 0 Å². The van der Waals surface area contributed by atoms with Crippen LogP contribution in [0.4, 0.5) is 0 Å². The largest absolute Gasteiger partial charge is 0.497 e. The van der Waals surface area contributed by atoms with Crippen molar-refractivity contribution in [1.29, 1.82) is 0 Å². The summed E-state index contributed by atoms with van der Waals surface area (Å²) in [7, 11) is 1.58. The maximum absolute atomic E-state index is 11.4. The minimum atomic E-state index is -1.13. The quantitative estimate of drug-likeness (QED) is 0.735. The van der Waals surface area contributed by atoms with E-state index < -0.39 is 5.97 Å². The summed E-state index contributed by atoms with van der Waals surface area (Å²) in [6.45, 7) is 0. The molecule has 26 heavy (non-hydrogen) atoms. The van der Waals surface area contributed by atoms with E-state index in [-0.39, 0.29) is 11.5 Å². The van der Waals surface area contributed by atoms with Crippen molar-refractivity contribution in [3.8, 4) is 17.0 Å². The number of carboxylic acids is 1. The van der Waals surface area contributed by atoms with Gasteiger partial charge in [-0.2, -0.15) is 0 Å². The third kappa shape index (κ3) is 3.87. The van der Waals surface area contributed by atoms with E-state index in [1.165, 1.54) is 6.07 Å². The van der Waals surface area contributed by atoms with Crippen LogP contribution >= 0.6 is 0 Å². The van der Waals surface area contributed by atoms with Crippen LogP contribution in [0.1, 0.15) is 21.9 Å². The van der Waals surface area contributed by atoms with Gasteiger partial charge < -0.3 is 15.6 Å². The lowest BCUT2D eigenvalue weighted by molar-refractivity contribution is 0.0690. The van der Waals surface area contributed by atoms with Crippen LogP contribution in [0.3, 0.4) is 0 Å². The Morgan fingerprint density at radius 1 is 1.08 bits per heavy atom. The number of carbonyl (C=O) groups is 1. The van der Waals surface area contributed by atoms with Crippen LogP contribution in [0.2, 0.25) is 0 Å². The molecular formula is C20H17N3O3. The van der Waals surface area contributed by atoms with E-state index >= 15 is 0 Å². The second-order valence-corrected chi connectivity index (χ2v) is 5.50. The molecule has 3 aromatic rings. The normalized spacial score (nSPS) is 11.2. The van der Waals surface area contributed by atoms with E-state index in [4.69, 9.17) is 10.5 Å². The molecule has 0 bridgehead atoms. The first-order valence-corrected chi connectivity index (χ1v) is 7.86. The molecule has 0 aliphatic heterocycles. The molecule has 3 rings (SSSR count). The SMILES string of the molecule is COc1ccc(-c2cc(C(=O)O)nc(C=C(N)c3ccccc3)n2)cc1. The number of ether oxygens (including phenoxy) is 1. The molecule has 130 valence electrons. The lowest BCUT2D eigenvalue weighted by Crippen LogP contribution is -2.05. The van der Waals surface area contributed by atoms with Crippen molar-refractivity contribution in [3.05, 3.63) is 77.7 Å². The summed E-state index contributed by atoms with van der Waals surface area (Å²) >= 11 is 0. The monoisotopic (exact) mass is 347 g/mol. The van der Waals surface area contributed by atoms with Gasteiger partial charge in [0.05, 0.1) is 12.8 Å². The van der Waals surface area contributed by atoms with Gasteiger partial charge in [-0.25, -0.2) is 14.8 Å². The number of rotatable bonds is 5. The van der Waals surface area contributed by atoms with E-state index in [0.29, 0.717) is 17.1 Å². The van der Waals surface area contributed by atoms with Crippen molar-refractivity contribution in [2.75, 3.05) is 7.11 Å². The summed E-state index contributed by atoms with van der Waals surface area (Å²) in [5.74, 6) is -0.193. The third-order valence-corrected chi connectivity index (χ3v) is 3.74. The second kappa shape index (κ2) is 7.48. The third-order valence-electron chi connectivity index (χ3n) is 3.74. The van der Waals surface area contributed by atoms with Gasteiger partial charge in [-0.15, -0.1) is 0 Å². The number of nitrogens with two attached hydrogens (primary N) is 1. The van der Waals surface area contributed by atoms with Gasteiger partial charge in [-0.1, -0.05) is 30.3 Å². The highest BCUT2D eigenvalue weighted by Crippen LogP contribution is 2.22. The lowest BCUT2D eigenvalue weighted by Gasteiger charge is -2.07. The van der Waals surface area contributed by atoms with Crippen molar-refractivity contribution in [1.82, 2.24) is 9.97 Å². The average molecular weight is 347 g/mol. The molecule has 2 aromatic carbocycles. The topological polar surface area (TPSA) is 98.3 Å². The standard InChI is InChI=1S/C20H17N3O3/c1-26-15-9-7-14(8-10-15)17-12-18(20(24)25)23-19(22-17)11-16(21)13-5-3-2-4-6-13/h2-12H,21H2,1H3,(H,24,25). The predicted octanol–water partition coefficient (Wildman–Crippen LogP) is 3.31. The minimum Gasteiger partial charge on any atom is -0.497 e. The highest BCUT2D eigenvalue weighted by atomic mass is 16.5. The number of carboxylic acid groups (broad SMARTS) is 1. The van der Waals surface area contributed by atoms with Crippen LogP contribution in [0, 0.1) is 0 Å². The first kappa shape index (κ1) is 17.2. The van der Waals surface area contributed by atoms with Crippen molar-refractivity contribution in [2.45, 2.75) is 0 Å². The number of aromatic carboxylic acids is 1. The lowest BCUT2D eigenvalue weighted by atomic mass is 10.1. The molecule has 1 heterocycles. The van der Waals surface area contributed by atoms with Crippen LogP contribution in [0.5, 0.6) is 5.75 Å². The first-order valence-electron chi connectivity index (χ1n) is 7.86. The number of nitrogens with zero attached hydrogens (tertiary/aromatic N) is 2. The Morgan fingerprint density at radius 2 is 1.77 bits per heavy atom. The maximum Gasteiger partial charge on any atom is 0.354 e. The number of hydrogen-bond acceptors (Lipinski definition) is 5. The minimum absolute atomic E-state index is 0.0991. The molecule has 0 unspecified atom stereocenters. The first-order chi connectivity index (χ1) is 12.6. The Morgan fingerprint density at radius 3 is 2.38 bits per heavy atom. The molecule has 0 aliphatic rings. The van der Waals surface area contributed by atoms with Gasteiger partial charge in [0.1, 0.15) is 5.75 Å². The Balaban J connectivity index is 2.05. The highest BCUT2D eigenvalue weighted by molar-refractivity contribution is 5.87. The fraction of sp³-hybridized carbons (Fsp3) is 0.0500. The van der Waals surface area contributed by atoms with Crippen LogP contribution in [-0.2, 0) is 0 Å². The summed E-state index contributed by atoms with van der Waals surface area (Å²) in [5, 5.41) is 9.35. The molecule has 0 spiro atoms. The summed E-state index contributed by atoms with van der Waals surface area (Å²) in [6.07, 6.45) is 1.56. The smallest absolute Gasteiger partial charge is 0.354 e. The summed E-state index contributed by atoms with van der Waals surface area (Å²) in [6, 6.07) is 18.0. The number of hydrogen-bond donors (Lipinski definition) is 2. The van der Waals surface area contributed by atoms with E-state index in [9.17, 15) is 9.90 Å². The van der Waals surface area contributed by atoms with E-state index in [0.717, 1.165) is 11.1 Å². The Kier molecular flexibility index (Phi) is 4.94. The van der Waals surface area contributed by atoms with Crippen molar-refractivity contribution in [3.63, 3.8) is 0 Å². The van der Waals surface area contributed by atoms with Crippen molar-refractivity contribution < 1.29 is 14.6 Å². The average Bonchev–Trinajstić information content (AvgIpc) is 2.68. The predicted molar refractivity (Wildman–Crippen MR) is 99.5 cm³/mol. The van der Waals surface area contributed by atoms with E-state index in [1.54, 1.807) is 37.5 Å². The van der Waals surface area contributed by atoms with Crippen molar-refractivity contribution in [2.24, 2.45) is 5.73 Å². The van der Waals surface area contributed by atoms with Crippen molar-refractivity contribution >= 4 is 17.7 Å². The second-order valence-electron chi connectivity index (χ2n) is 5.50. The summed E-state index contributed by atoms with van der Waals surface area (Å²) in [4.78, 5) is 19.9. The Bertz CT molecular complexity index is 952. The van der Waals surface area contributed by atoms with Gasteiger partial charge in [0.15, 0.2) is 11.5 Å². The van der Waals surface area contributed by atoms with E-state index in [2.05, 4.69) is 9.97 Å². The number of benzene rings is 2. The molecule has 0 aliphatic carbocycles. The zero-order valence-corrected chi connectivity index (χ0v) is 14.1. The molecular weight excluding hydrogens is 330 g/mol.